The van der Waals surface area contributed by atoms with Crippen molar-refractivity contribution in [2.24, 2.45) is 0 Å². The third-order valence-electron chi connectivity index (χ3n) is 4.08. The highest BCUT2D eigenvalue weighted by Crippen LogP contribution is 2.24. The number of ether oxygens (including phenoxy) is 2. The summed E-state index contributed by atoms with van der Waals surface area (Å²) in [6, 6.07) is 0. The van der Waals surface area contributed by atoms with E-state index in [4.69, 9.17) is 19.7 Å². The Morgan fingerprint density at radius 1 is 0.625 bits per heavy atom. The zero-order chi connectivity index (χ0) is 18.3. The molecule has 0 aromatic heterocycles. The molecular formula is C16H28O8. The molecule has 8 heteroatoms. The molecule has 0 aromatic rings. The van der Waals surface area contributed by atoms with Crippen molar-refractivity contribution in [3.63, 3.8) is 0 Å². The maximum Gasteiger partial charge on any atom is 0.111 e. The molecule has 0 spiro atoms. The average molecular weight is 348 g/mol. The summed E-state index contributed by atoms with van der Waals surface area (Å²) < 4.78 is 10.3. The second-order valence-corrected chi connectivity index (χ2v) is 5.80. The lowest BCUT2D eigenvalue weighted by molar-refractivity contribution is -0.0208. The highest BCUT2D eigenvalue weighted by atomic mass is 16.6. The minimum absolute atomic E-state index is 0.272. The van der Waals surface area contributed by atoms with Gasteiger partial charge >= 0.3 is 0 Å². The van der Waals surface area contributed by atoms with E-state index in [1.54, 1.807) is 12.2 Å². The molecule has 0 aliphatic carbocycles. The Bertz CT molecular complexity index is 354. The van der Waals surface area contributed by atoms with E-state index in [-0.39, 0.29) is 13.2 Å². The third-order valence-corrected chi connectivity index (χ3v) is 4.08. The second-order valence-electron chi connectivity index (χ2n) is 5.80. The van der Waals surface area contributed by atoms with E-state index < -0.39 is 48.8 Å². The van der Waals surface area contributed by atoms with E-state index in [0.717, 1.165) is 0 Å². The predicted molar refractivity (Wildman–Crippen MR) is 85.1 cm³/mol. The lowest BCUT2D eigenvalue weighted by Crippen LogP contribution is -2.33. The standard InChI is InChI=1S/2C8H14O4/c2*1-2-3-5-7(10)8(11)6(4-9)12-5/h2*2,5-11H,1,3-4H2. The van der Waals surface area contributed by atoms with Crippen LogP contribution in [-0.2, 0) is 9.47 Å². The summed E-state index contributed by atoms with van der Waals surface area (Å²) in [4.78, 5) is 0. The first-order chi connectivity index (χ1) is 11.4. The molecule has 2 rings (SSSR count). The van der Waals surface area contributed by atoms with Crippen molar-refractivity contribution < 1.29 is 40.1 Å². The van der Waals surface area contributed by atoms with Gasteiger partial charge in [0.1, 0.15) is 36.6 Å². The molecule has 24 heavy (non-hydrogen) atoms. The topological polar surface area (TPSA) is 140 Å². The van der Waals surface area contributed by atoms with Gasteiger partial charge in [-0.3, -0.25) is 0 Å². The minimum Gasteiger partial charge on any atom is -0.394 e. The van der Waals surface area contributed by atoms with Gasteiger partial charge in [0.05, 0.1) is 25.4 Å². The molecule has 8 atom stereocenters. The Morgan fingerprint density at radius 2 is 0.917 bits per heavy atom. The van der Waals surface area contributed by atoms with Crippen LogP contribution in [0.1, 0.15) is 12.8 Å². The van der Waals surface area contributed by atoms with Gasteiger partial charge in [-0.05, 0) is 12.8 Å². The van der Waals surface area contributed by atoms with Gasteiger partial charge in [-0.1, -0.05) is 12.2 Å². The van der Waals surface area contributed by atoms with Gasteiger partial charge in [-0.15, -0.1) is 13.2 Å². The van der Waals surface area contributed by atoms with Crippen molar-refractivity contribution in [3.05, 3.63) is 25.3 Å². The van der Waals surface area contributed by atoms with Crippen molar-refractivity contribution in [3.8, 4) is 0 Å². The van der Waals surface area contributed by atoms with Crippen molar-refractivity contribution in [2.75, 3.05) is 13.2 Å². The van der Waals surface area contributed by atoms with Crippen molar-refractivity contribution in [1.82, 2.24) is 0 Å². The van der Waals surface area contributed by atoms with E-state index in [2.05, 4.69) is 13.2 Å². The van der Waals surface area contributed by atoms with Gasteiger partial charge in [-0.2, -0.15) is 0 Å². The van der Waals surface area contributed by atoms with Crippen LogP contribution in [0.25, 0.3) is 0 Å². The van der Waals surface area contributed by atoms with Crippen LogP contribution in [0.5, 0.6) is 0 Å². The van der Waals surface area contributed by atoms with Gasteiger partial charge in [-0.25, -0.2) is 0 Å². The second kappa shape index (κ2) is 10.2. The molecule has 2 aliphatic rings. The van der Waals surface area contributed by atoms with Crippen molar-refractivity contribution >= 4 is 0 Å². The first kappa shape index (κ1) is 21.2. The highest BCUT2D eigenvalue weighted by Gasteiger charge is 2.42. The normalized spacial score (nSPS) is 41.6. The molecule has 2 heterocycles. The van der Waals surface area contributed by atoms with Gasteiger partial charge in [0.2, 0.25) is 0 Å². The number of aliphatic hydroxyl groups is 6. The molecule has 0 radical (unpaired) electrons. The maximum atomic E-state index is 9.36. The average Bonchev–Trinajstić information content (AvgIpc) is 3.01. The molecule has 0 amide bonds. The first-order valence-corrected chi connectivity index (χ1v) is 7.87. The Labute approximate surface area is 141 Å². The van der Waals surface area contributed by atoms with Crippen LogP contribution >= 0.6 is 0 Å². The molecule has 8 unspecified atom stereocenters. The summed E-state index contributed by atoms with van der Waals surface area (Å²) in [5.41, 5.74) is 0. The Kier molecular flexibility index (Phi) is 9.03. The first-order valence-electron chi connectivity index (χ1n) is 7.87. The third kappa shape index (κ3) is 5.08. The van der Waals surface area contributed by atoms with Crippen molar-refractivity contribution in [2.45, 2.75) is 61.7 Å². The lowest BCUT2D eigenvalue weighted by Gasteiger charge is -2.11. The van der Waals surface area contributed by atoms with E-state index >= 15 is 0 Å². The molecule has 2 saturated heterocycles. The fourth-order valence-corrected chi connectivity index (χ4v) is 2.67. The molecule has 0 aromatic carbocycles. The van der Waals surface area contributed by atoms with E-state index in [1.807, 2.05) is 0 Å². The fourth-order valence-electron chi connectivity index (χ4n) is 2.67. The summed E-state index contributed by atoms with van der Waals surface area (Å²) in [5, 5.41) is 54.7. The molecule has 2 aliphatic heterocycles. The quantitative estimate of drug-likeness (QED) is 0.306. The summed E-state index contributed by atoms with van der Waals surface area (Å²) in [7, 11) is 0. The molecule has 8 nitrogen and oxygen atoms in total. The Balaban J connectivity index is 0.000000240. The van der Waals surface area contributed by atoms with E-state index in [9.17, 15) is 20.4 Å². The van der Waals surface area contributed by atoms with Crippen LogP contribution in [0.3, 0.4) is 0 Å². The number of hydrogen-bond donors (Lipinski definition) is 6. The Hall–Kier alpha value is -0.840. The molecular weight excluding hydrogens is 320 g/mol. The highest BCUT2D eigenvalue weighted by molar-refractivity contribution is 4.93. The monoisotopic (exact) mass is 348 g/mol. The van der Waals surface area contributed by atoms with Crippen molar-refractivity contribution in [1.29, 1.82) is 0 Å². The molecule has 2 fully saturated rings. The lowest BCUT2D eigenvalue weighted by atomic mass is 10.1. The van der Waals surface area contributed by atoms with E-state index in [1.165, 1.54) is 0 Å². The molecule has 140 valence electrons. The zero-order valence-corrected chi connectivity index (χ0v) is 13.5. The van der Waals surface area contributed by atoms with Gasteiger partial charge in [0.15, 0.2) is 0 Å². The number of aliphatic hydroxyl groups excluding tert-OH is 6. The van der Waals surface area contributed by atoms with Crippen LogP contribution < -0.4 is 0 Å². The number of rotatable bonds is 6. The zero-order valence-electron chi connectivity index (χ0n) is 13.5. The van der Waals surface area contributed by atoms with Crippen LogP contribution in [0.15, 0.2) is 25.3 Å². The van der Waals surface area contributed by atoms with Crippen LogP contribution in [0, 0.1) is 0 Å². The predicted octanol–water partition coefficient (Wildman–Crippen LogP) is -1.91. The van der Waals surface area contributed by atoms with Crippen LogP contribution in [0.2, 0.25) is 0 Å². The fraction of sp³-hybridized carbons (Fsp3) is 0.750. The minimum atomic E-state index is -0.986. The van der Waals surface area contributed by atoms with Gasteiger partial charge < -0.3 is 40.1 Å². The molecule has 0 bridgehead atoms. The summed E-state index contributed by atoms with van der Waals surface area (Å²) in [5.74, 6) is 0. The summed E-state index contributed by atoms with van der Waals surface area (Å²) >= 11 is 0. The molecule has 6 N–H and O–H groups in total. The van der Waals surface area contributed by atoms with E-state index in [0.29, 0.717) is 12.8 Å². The molecule has 0 saturated carbocycles. The number of hydrogen-bond acceptors (Lipinski definition) is 8. The van der Waals surface area contributed by atoms with Gasteiger partial charge in [0, 0.05) is 0 Å². The summed E-state index contributed by atoms with van der Waals surface area (Å²) in [6.45, 7) is 6.45. The van der Waals surface area contributed by atoms with Crippen LogP contribution in [0.4, 0.5) is 0 Å². The Morgan fingerprint density at radius 3 is 1.12 bits per heavy atom. The summed E-state index contributed by atoms with van der Waals surface area (Å²) in [6.07, 6.45) is -1.82. The maximum absolute atomic E-state index is 9.36. The largest absolute Gasteiger partial charge is 0.394 e. The smallest absolute Gasteiger partial charge is 0.111 e. The SMILES string of the molecule is C=CCC1OC(CO)C(O)C1O.C=CCC1OC(CO)C(O)C1O. The van der Waals surface area contributed by atoms with Gasteiger partial charge in [0.25, 0.3) is 0 Å². The van der Waals surface area contributed by atoms with Crippen LogP contribution in [-0.4, -0.2) is 92.7 Å².